The fourth-order valence-electron chi connectivity index (χ4n) is 2.88. The second-order valence-corrected chi connectivity index (χ2v) is 5.38. The van der Waals surface area contributed by atoms with E-state index in [0.29, 0.717) is 23.8 Å². The summed E-state index contributed by atoms with van der Waals surface area (Å²) in [4.78, 5) is 14.6. The molecule has 1 N–H and O–H groups in total. The third-order valence-corrected chi connectivity index (χ3v) is 3.92. The zero-order valence-electron chi connectivity index (χ0n) is 12.0. The predicted octanol–water partition coefficient (Wildman–Crippen LogP) is 1.97. The molecule has 1 aromatic rings. The second-order valence-electron chi connectivity index (χ2n) is 5.38. The van der Waals surface area contributed by atoms with Gasteiger partial charge in [-0.2, -0.15) is 0 Å². The lowest BCUT2D eigenvalue weighted by atomic mass is 9.95. The zero-order chi connectivity index (χ0) is 14.4. The van der Waals surface area contributed by atoms with E-state index in [1.54, 1.807) is 7.11 Å². The molecule has 20 heavy (non-hydrogen) atoms. The number of carbonyl (C=O) groups is 1. The lowest BCUT2D eigenvalue weighted by Gasteiger charge is -2.32. The van der Waals surface area contributed by atoms with Crippen LogP contribution in [0.4, 0.5) is 0 Å². The Morgan fingerprint density at radius 1 is 1.45 bits per heavy atom. The van der Waals surface area contributed by atoms with Gasteiger partial charge in [-0.3, -0.25) is 9.69 Å². The molecule has 0 aromatic heterocycles. The van der Waals surface area contributed by atoms with E-state index in [-0.39, 0.29) is 12.4 Å². The van der Waals surface area contributed by atoms with Gasteiger partial charge in [-0.1, -0.05) is 12.1 Å². The number of para-hydroxylation sites is 1. The number of aliphatic hydroxyl groups is 1. The third-order valence-electron chi connectivity index (χ3n) is 3.92. The molecular formula is C16H23NO3. The summed E-state index contributed by atoms with van der Waals surface area (Å²) in [6.07, 6.45) is 3.09. The monoisotopic (exact) mass is 277 g/mol. The van der Waals surface area contributed by atoms with Crippen LogP contribution in [0, 0.1) is 5.92 Å². The normalized spacial score (nSPS) is 19.8. The highest BCUT2D eigenvalue weighted by molar-refractivity contribution is 6.00. The van der Waals surface area contributed by atoms with Crippen LogP contribution in [-0.4, -0.2) is 49.1 Å². The van der Waals surface area contributed by atoms with Crippen LogP contribution in [0.1, 0.15) is 29.6 Å². The SMILES string of the molecule is COc1ccccc1C(=O)CN1CCCC(CCO)C1. The Balaban J connectivity index is 1.97. The van der Waals surface area contributed by atoms with Gasteiger partial charge in [0.15, 0.2) is 5.78 Å². The number of carbonyl (C=O) groups excluding carboxylic acids is 1. The van der Waals surface area contributed by atoms with Crippen molar-refractivity contribution in [2.75, 3.05) is 33.4 Å². The summed E-state index contributed by atoms with van der Waals surface area (Å²) in [5.41, 5.74) is 0.652. The standard InChI is InChI=1S/C16H23NO3/c1-20-16-7-3-2-6-14(16)15(19)12-17-9-4-5-13(11-17)8-10-18/h2-3,6-7,13,18H,4-5,8-12H2,1H3. The summed E-state index contributed by atoms with van der Waals surface area (Å²) < 4.78 is 5.24. The van der Waals surface area contributed by atoms with Crippen LogP contribution in [0.3, 0.4) is 0 Å². The van der Waals surface area contributed by atoms with Crippen molar-refractivity contribution in [1.29, 1.82) is 0 Å². The molecule has 1 aliphatic heterocycles. The number of likely N-dealkylation sites (tertiary alicyclic amines) is 1. The van der Waals surface area contributed by atoms with Gasteiger partial charge in [-0.25, -0.2) is 0 Å². The molecular weight excluding hydrogens is 254 g/mol. The van der Waals surface area contributed by atoms with E-state index in [1.807, 2.05) is 24.3 Å². The average molecular weight is 277 g/mol. The molecule has 0 aliphatic carbocycles. The van der Waals surface area contributed by atoms with Crippen LogP contribution < -0.4 is 4.74 Å². The van der Waals surface area contributed by atoms with Gasteiger partial charge in [0.05, 0.1) is 19.2 Å². The summed E-state index contributed by atoms with van der Waals surface area (Å²) in [7, 11) is 1.59. The molecule has 4 nitrogen and oxygen atoms in total. The Labute approximate surface area is 120 Å². The largest absolute Gasteiger partial charge is 0.496 e. The molecule has 1 unspecified atom stereocenters. The first kappa shape index (κ1) is 15.0. The van der Waals surface area contributed by atoms with Gasteiger partial charge in [0.2, 0.25) is 0 Å². The van der Waals surface area contributed by atoms with Crippen molar-refractivity contribution in [3.8, 4) is 5.75 Å². The molecule has 110 valence electrons. The highest BCUT2D eigenvalue weighted by Gasteiger charge is 2.22. The maximum atomic E-state index is 12.4. The first-order valence-corrected chi connectivity index (χ1v) is 7.24. The summed E-state index contributed by atoms with van der Waals surface area (Å²) in [5, 5.41) is 9.03. The first-order valence-electron chi connectivity index (χ1n) is 7.24. The van der Waals surface area contributed by atoms with E-state index in [1.165, 1.54) is 0 Å². The van der Waals surface area contributed by atoms with Crippen molar-refractivity contribution in [3.63, 3.8) is 0 Å². The Kier molecular flexibility index (Phi) is 5.56. The Bertz CT molecular complexity index is 445. The molecule has 4 heteroatoms. The van der Waals surface area contributed by atoms with Gasteiger partial charge in [-0.05, 0) is 43.9 Å². The van der Waals surface area contributed by atoms with Gasteiger partial charge in [-0.15, -0.1) is 0 Å². The van der Waals surface area contributed by atoms with Crippen LogP contribution >= 0.6 is 0 Å². The van der Waals surface area contributed by atoms with Crippen LogP contribution in [0.5, 0.6) is 5.75 Å². The number of methoxy groups -OCH3 is 1. The predicted molar refractivity (Wildman–Crippen MR) is 78.2 cm³/mol. The lowest BCUT2D eigenvalue weighted by molar-refractivity contribution is 0.0869. The Morgan fingerprint density at radius 2 is 2.25 bits per heavy atom. The minimum atomic E-state index is 0.104. The summed E-state index contributed by atoms with van der Waals surface area (Å²) in [6, 6.07) is 7.36. The number of rotatable bonds is 6. The molecule has 1 saturated heterocycles. The molecule has 0 saturated carbocycles. The van der Waals surface area contributed by atoms with Crippen molar-refractivity contribution in [3.05, 3.63) is 29.8 Å². The van der Waals surface area contributed by atoms with Crippen molar-refractivity contribution in [2.24, 2.45) is 5.92 Å². The third kappa shape index (κ3) is 3.81. The Hall–Kier alpha value is -1.39. The number of piperidine rings is 1. The summed E-state index contributed by atoms with van der Waals surface area (Å²) >= 11 is 0. The minimum Gasteiger partial charge on any atom is -0.496 e. The molecule has 0 amide bonds. The maximum absolute atomic E-state index is 12.4. The number of nitrogens with zero attached hydrogens (tertiary/aromatic N) is 1. The van der Waals surface area contributed by atoms with Crippen LogP contribution in [-0.2, 0) is 0 Å². The number of aliphatic hydroxyl groups excluding tert-OH is 1. The molecule has 0 spiro atoms. The van der Waals surface area contributed by atoms with E-state index < -0.39 is 0 Å². The maximum Gasteiger partial charge on any atom is 0.180 e. The van der Waals surface area contributed by atoms with Crippen molar-refractivity contribution >= 4 is 5.78 Å². The molecule has 0 radical (unpaired) electrons. The second kappa shape index (κ2) is 7.41. The smallest absolute Gasteiger partial charge is 0.180 e. The topological polar surface area (TPSA) is 49.8 Å². The van der Waals surface area contributed by atoms with Crippen molar-refractivity contribution < 1.29 is 14.6 Å². The molecule has 1 aliphatic rings. The van der Waals surface area contributed by atoms with E-state index in [9.17, 15) is 4.79 Å². The van der Waals surface area contributed by atoms with Crippen molar-refractivity contribution in [2.45, 2.75) is 19.3 Å². The molecule has 1 aromatic carbocycles. The molecule has 1 fully saturated rings. The van der Waals surface area contributed by atoms with Crippen LogP contribution in [0.25, 0.3) is 0 Å². The Morgan fingerprint density at radius 3 is 3.00 bits per heavy atom. The first-order chi connectivity index (χ1) is 9.74. The molecule has 1 atom stereocenters. The summed E-state index contributed by atoms with van der Waals surface area (Å²) in [5.74, 6) is 1.26. The molecule has 1 heterocycles. The molecule has 0 bridgehead atoms. The highest BCUT2D eigenvalue weighted by Crippen LogP contribution is 2.22. The number of ketones is 1. The summed E-state index contributed by atoms with van der Waals surface area (Å²) in [6.45, 7) is 2.53. The highest BCUT2D eigenvalue weighted by atomic mass is 16.5. The zero-order valence-corrected chi connectivity index (χ0v) is 12.0. The van der Waals surface area contributed by atoms with Gasteiger partial charge in [0.25, 0.3) is 0 Å². The fourth-order valence-corrected chi connectivity index (χ4v) is 2.88. The van der Waals surface area contributed by atoms with Crippen LogP contribution in [0.2, 0.25) is 0 Å². The molecule has 2 rings (SSSR count). The van der Waals surface area contributed by atoms with Gasteiger partial charge >= 0.3 is 0 Å². The van der Waals surface area contributed by atoms with E-state index in [0.717, 1.165) is 32.4 Å². The quantitative estimate of drug-likeness (QED) is 0.808. The van der Waals surface area contributed by atoms with Crippen LogP contribution in [0.15, 0.2) is 24.3 Å². The van der Waals surface area contributed by atoms with Gasteiger partial charge < -0.3 is 9.84 Å². The number of ether oxygens (including phenoxy) is 1. The number of hydrogen-bond acceptors (Lipinski definition) is 4. The average Bonchev–Trinajstić information content (AvgIpc) is 2.48. The van der Waals surface area contributed by atoms with Gasteiger partial charge in [0, 0.05) is 13.2 Å². The lowest BCUT2D eigenvalue weighted by Crippen LogP contribution is -2.39. The van der Waals surface area contributed by atoms with Crippen molar-refractivity contribution in [1.82, 2.24) is 4.90 Å². The number of Topliss-reactive ketones (excluding diaryl/α,β-unsaturated/α-hetero) is 1. The van der Waals surface area contributed by atoms with E-state index >= 15 is 0 Å². The number of benzene rings is 1. The fraction of sp³-hybridized carbons (Fsp3) is 0.562. The minimum absolute atomic E-state index is 0.104. The number of hydrogen-bond donors (Lipinski definition) is 1. The van der Waals surface area contributed by atoms with E-state index in [2.05, 4.69) is 4.90 Å². The van der Waals surface area contributed by atoms with E-state index in [4.69, 9.17) is 9.84 Å². The van der Waals surface area contributed by atoms with Gasteiger partial charge in [0.1, 0.15) is 5.75 Å².